The van der Waals surface area contributed by atoms with Gasteiger partial charge in [0.25, 0.3) is 0 Å². The molecule has 2 heterocycles. The highest BCUT2D eigenvalue weighted by molar-refractivity contribution is 8.14. The van der Waals surface area contributed by atoms with Crippen LogP contribution in [0, 0.1) is 0 Å². The van der Waals surface area contributed by atoms with Gasteiger partial charge in [0.15, 0.2) is 5.17 Å². The Labute approximate surface area is 88.0 Å². The normalized spacial score (nSPS) is 17.6. The van der Waals surface area contributed by atoms with Gasteiger partial charge in [-0.05, 0) is 19.1 Å². The van der Waals surface area contributed by atoms with E-state index in [2.05, 4.69) is 22.2 Å². The minimum atomic E-state index is 0.237. The summed E-state index contributed by atoms with van der Waals surface area (Å²) in [5, 5.41) is 4.39. The van der Waals surface area contributed by atoms with E-state index in [0.717, 1.165) is 23.2 Å². The molecule has 0 saturated carbocycles. The first-order chi connectivity index (χ1) is 6.86. The summed E-state index contributed by atoms with van der Waals surface area (Å²) in [5.74, 6) is 1.09. The van der Waals surface area contributed by atoms with Gasteiger partial charge in [-0.2, -0.15) is 0 Å². The van der Waals surface area contributed by atoms with Crippen molar-refractivity contribution in [1.29, 1.82) is 0 Å². The number of thioether (sulfide) groups is 1. The van der Waals surface area contributed by atoms with Crippen LogP contribution in [0.2, 0.25) is 0 Å². The molecule has 1 atom stereocenters. The van der Waals surface area contributed by atoms with Gasteiger partial charge >= 0.3 is 0 Å². The van der Waals surface area contributed by atoms with Crippen molar-refractivity contribution in [3.63, 3.8) is 0 Å². The molecule has 0 amide bonds. The van der Waals surface area contributed by atoms with E-state index >= 15 is 0 Å². The molecule has 1 N–H and O–H groups in total. The molecule has 1 aliphatic rings. The van der Waals surface area contributed by atoms with Gasteiger partial charge in [0.1, 0.15) is 0 Å². The van der Waals surface area contributed by atoms with Crippen LogP contribution in [-0.2, 0) is 0 Å². The maximum Gasteiger partial charge on any atom is 0.157 e. The molecule has 14 heavy (non-hydrogen) atoms. The molecule has 0 aromatic carbocycles. The summed E-state index contributed by atoms with van der Waals surface area (Å²) in [4.78, 5) is 8.64. The zero-order valence-electron chi connectivity index (χ0n) is 8.10. The SMILES string of the molecule is CC(NC1=NCCS1)c1ccccn1. The number of rotatable bonds is 2. The predicted molar refractivity (Wildman–Crippen MR) is 60.5 cm³/mol. The second kappa shape index (κ2) is 4.46. The van der Waals surface area contributed by atoms with E-state index in [9.17, 15) is 0 Å². The molecule has 0 saturated heterocycles. The summed E-state index contributed by atoms with van der Waals surface area (Å²) in [6, 6.07) is 6.19. The summed E-state index contributed by atoms with van der Waals surface area (Å²) in [7, 11) is 0. The fraction of sp³-hybridized carbons (Fsp3) is 0.400. The number of nitrogens with zero attached hydrogens (tertiary/aromatic N) is 2. The van der Waals surface area contributed by atoms with E-state index in [0.29, 0.717) is 0 Å². The monoisotopic (exact) mass is 207 g/mol. The Balaban J connectivity index is 1.99. The molecule has 1 aromatic heterocycles. The van der Waals surface area contributed by atoms with Crippen LogP contribution in [0.5, 0.6) is 0 Å². The first kappa shape index (κ1) is 9.52. The van der Waals surface area contributed by atoms with Gasteiger partial charge in [-0.15, -0.1) is 0 Å². The van der Waals surface area contributed by atoms with Gasteiger partial charge in [-0.1, -0.05) is 17.8 Å². The van der Waals surface area contributed by atoms with Gasteiger partial charge < -0.3 is 5.32 Å². The molecule has 0 spiro atoms. The minimum Gasteiger partial charge on any atom is -0.357 e. The molecule has 0 fully saturated rings. The van der Waals surface area contributed by atoms with Crippen molar-refractivity contribution in [3.8, 4) is 0 Å². The summed E-state index contributed by atoms with van der Waals surface area (Å²) >= 11 is 1.78. The highest BCUT2D eigenvalue weighted by atomic mass is 32.2. The van der Waals surface area contributed by atoms with Crippen molar-refractivity contribution in [2.45, 2.75) is 13.0 Å². The number of amidine groups is 1. The van der Waals surface area contributed by atoms with Crippen molar-refractivity contribution >= 4 is 16.9 Å². The van der Waals surface area contributed by atoms with Crippen LogP contribution < -0.4 is 5.32 Å². The third-order valence-corrected chi connectivity index (χ3v) is 2.96. The van der Waals surface area contributed by atoms with Gasteiger partial charge in [-0.3, -0.25) is 9.98 Å². The molecule has 74 valence electrons. The number of hydrogen-bond acceptors (Lipinski definition) is 4. The average Bonchev–Trinajstić information content (AvgIpc) is 2.72. The second-order valence-corrected chi connectivity index (χ2v) is 4.24. The molecule has 0 aliphatic carbocycles. The average molecular weight is 207 g/mol. The Morgan fingerprint density at radius 2 is 2.43 bits per heavy atom. The van der Waals surface area contributed by atoms with Crippen molar-refractivity contribution in [2.24, 2.45) is 4.99 Å². The third-order valence-electron chi connectivity index (χ3n) is 2.06. The zero-order chi connectivity index (χ0) is 9.80. The largest absolute Gasteiger partial charge is 0.357 e. The van der Waals surface area contributed by atoms with Crippen molar-refractivity contribution in [1.82, 2.24) is 10.3 Å². The lowest BCUT2D eigenvalue weighted by Gasteiger charge is -2.13. The van der Waals surface area contributed by atoms with E-state index in [4.69, 9.17) is 0 Å². The number of pyridine rings is 1. The van der Waals surface area contributed by atoms with Crippen LogP contribution >= 0.6 is 11.8 Å². The fourth-order valence-electron chi connectivity index (χ4n) is 1.31. The molecule has 0 radical (unpaired) electrons. The Morgan fingerprint density at radius 3 is 3.07 bits per heavy atom. The second-order valence-electron chi connectivity index (χ2n) is 3.16. The van der Waals surface area contributed by atoms with Crippen molar-refractivity contribution in [3.05, 3.63) is 30.1 Å². The number of nitrogens with one attached hydrogen (secondary N) is 1. The fourth-order valence-corrected chi connectivity index (χ4v) is 2.13. The number of hydrogen-bond donors (Lipinski definition) is 1. The molecule has 3 nitrogen and oxygen atoms in total. The van der Waals surface area contributed by atoms with E-state index in [-0.39, 0.29) is 6.04 Å². The van der Waals surface area contributed by atoms with E-state index < -0.39 is 0 Å². The quantitative estimate of drug-likeness (QED) is 0.804. The predicted octanol–water partition coefficient (Wildman–Crippen LogP) is 1.83. The van der Waals surface area contributed by atoms with Crippen molar-refractivity contribution < 1.29 is 0 Å². The van der Waals surface area contributed by atoms with E-state index in [1.54, 1.807) is 11.8 Å². The van der Waals surface area contributed by atoms with Crippen LogP contribution in [0.1, 0.15) is 18.7 Å². The van der Waals surface area contributed by atoms with Gasteiger partial charge in [0, 0.05) is 11.9 Å². The molecular formula is C10H13N3S. The highest BCUT2D eigenvalue weighted by Crippen LogP contribution is 2.14. The van der Waals surface area contributed by atoms with Crippen LogP contribution in [0.15, 0.2) is 29.4 Å². The van der Waals surface area contributed by atoms with E-state index in [1.807, 2.05) is 24.4 Å². The smallest absolute Gasteiger partial charge is 0.157 e. The topological polar surface area (TPSA) is 37.3 Å². The third kappa shape index (κ3) is 2.26. The number of aromatic nitrogens is 1. The molecule has 2 rings (SSSR count). The first-order valence-electron chi connectivity index (χ1n) is 4.71. The maximum absolute atomic E-state index is 4.34. The molecule has 4 heteroatoms. The lowest BCUT2D eigenvalue weighted by Crippen LogP contribution is -2.23. The zero-order valence-corrected chi connectivity index (χ0v) is 8.92. The van der Waals surface area contributed by atoms with Crippen molar-refractivity contribution in [2.75, 3.05) is 12.3 Å². The first-order valence-corrected chi connectivity index (χ1v) is 5.69. The summed E-state index contributed by atoms with van der Waals surface area (Å²) in [6.07, 6.45) is 1.82. The molecule has 0 bridgehead atoms. The lowest BCUT2D eigenvalue weighted by atomic mass is 10.2. The summed E-state index contributed by atoms with van der Waals surface area (Å²) in [6.45, 7) is 3.03. The van der Waals surface area contributed by atoms with Crippen LogP contribution in [-0.4, -0.2) is 22.4 Å². The van der Waals surface area contributed by atoms with Gasteiger partial charge in [0.05, 0.1) is 18.3 Å². The molecule has 1 aromatic rings. The van der Waals surface area contributed by atoms with Gasteiger partial charge in [-0.25, -0.2) is 0 Å². The Bertz CT molecular complexity index is 323. The van der Waals surface area contributed by atoms with Crippen LogP contribution in [0.4, 0.5) is 0 Å². The Morgan fingerprint density at radius 1 is 1.50 bits per heavy atom. The van der Waals surface area contributed by atoms with Crippen LogP contribution in [0.25, 0.3) is 0 Å². The minimum absolute atomic E-state index is 0.237. The number of aliphatic imine (C=N–C) groups is 1. The molecule has 1 aliphatic heterocycles. The summed E-state index contributed by atoms with van der Waals surface area (Å²) < 4.78 is 0. The molecule has 1 unspecified atom stereocenters. The van der Waals surface area contributed by atoms with E-state index in [1.165, 1.54) is 0 Å². The maximum atomic E-state index is 4.34. The highest BCUT2D eigenvalue weighted by Gasteiger charge is 2.11. The Hall–Kier alpha value is -1.03. The summed E-state index contributed by atoms with van der Waals surface area (Å²) in [5.41, 5.74) is 1.06. The lowest BCUT2D eigenvalue weighted by molar-refractivity contribution is 0.697. The molecular weight excluding hydrogens is 194 g/mol. The Kier molecular flexibility index (Phi) is 3.03. The standard InChI is InChI=1S/C10H13N3S/c1-8(9-4-2-3-5-11-9)13-10-12-6-7-14-10/h2-5,8H,6-7H2,1H3,(H,12,13). The van der Waals surface area contributed by atoms with Gasteiger partial charge in [0.2, 0.25) is 0 Å². The van der Waals surface area contributed by atoms with Crippen LogP contribution in [0.3, 0.4) is 0 Å².